The summed E-state index contributed by atoms with van der Waals surface area (Å²) in [5.41, 5.74) is 1.96. The third kappa shape index (κ3) is 3.78. The smallest absolute Gasteiger partial charge is 0.323 e. The molecular weight excluding hydrogens is 278 g/mol. The molecule has 0 spiro atoms. The Kier molecular flexibility index (Phi) is 4.61. The van der Waals surface area contributed by atoms with E-state index in [1.54, 1.807) is 12.1 Å². The number of aromatic amines is 2. The van der Waals surface area contributed by atoms with Gasteiger partial charge >= 0.3 is 5.69 Å². The molecule has 5 heteroatoms. The van der Waals surface area contributed by atoms with Gasteiger partial charge in [-0.05, 0) is 37.0 Å². The minimum Gasteiger partial charge on any atom is -0.326 e. The number of H-pyrrole nitrogens is 2. The summed E-state index contributed by atoms with van der Waals surface area (Å²) in [6.07, 6.45) is 9.44. The summed E-state index contributed by atoms with van der Waals surface area (Å²) in [6, 6.07) is 5.39. The number of hydrogen-bond acceptors (Lipinski definition) is 2. The highest BCUT2D eigenvalue weighted by Gasteiger charge is 2.13. The summed E-state index contributed by atoms with van der Waals surface area (Å²) < 4.78 is 0. The van der Waals surface area contributed by atoms with Crippen LogP contribution in [-0.4, -0.2) is 15.9 Å². The number of amides is 1. The zero-order valence-electron chi connectivity index (χ0n) is 12.8. The second-order valence-corrected chi connectivity index (χ2v) is 6.28. The third-order valence-corrected chi connectivity index (χ3v) is 4.54. The first-order valence-electron chi connectivity index (χ1n) is 8.22. The van der Waals surface area contributed by atoms with E-state index in [0.717, 1.165) is 30.0 Å². The predicted molar refractivity (Wildman–Crippen MR) is 88.0 cm³/mol. The SMILES string of the molecule is O=C(CCCC1CCCCC1)Nc1ccc2[nH]c(=O)[nH]c2c1. The molecule has 0 saturated heterocycles. The lowest BCUT2D eigenvalue weighted by atomic mass is 9.86. The molecule has 118 valence electrons. The maximum atomic E-state index is 12.0. The van der Waals surface area contributed by atoms with E-state index in [9.17, 15) is 9.59 Å². The minimum atomic E-state index is -0.231. The Balaban J connectivity index is 1.48. The van der Waals surface area contributed by atoms with Gasteiger partial charge in [-0.1, -0.05) is 32.1 Å². The number of imidazole rings is 1. The Morgan fingerprint density at radius 1 is 1.14 bits per heavy atom. The molecule has 3 N–H and O–H groups in total. The van der Waals surface area contributed by atoms with Gasteiger partial charge in [-0.25, -0.2) is 4.79 Å². The lowest BCUT2D eigenvalue weighted by molar-refractivity contribution is -0.116. The standard InChI is InChI=1S/C17H23N3O2/c21-16(8-4-7-12-5-2-1-3-6-12)18-13-9-10-14-15(11-13)20-17(22)19-14/h9-12H,1-8H2,(H,18,21)(H2,19,20,22). The molecule has 1 saturated carbocycles. The van der Waals surface area contributed by atoms with Crippen LogP contribution >= 0.6 is 0 Å². The fraction of sp³-hybridized carbons (Fsp3) is 0.529. The predicted octanol–water partition coefficient (Wildman–Crippen LogP) is 3.55. The molecule has 22 heavy (non-hydrogen) atoms. The van der Waals surface area contributed by atoms with Gasteiger partial charge in [0.1, 0.15) is 0 Å². The first-order valence-corrected chi connectivity index (χ1v) is 8.22. The number of benzene rings is 1. The van der Waals surface area contributed by atoms with Crippen molar-refractivity contribution < 1.29 is 4.79 Å². The van der Waals surface area contributed by atoms with Crippen LogP contribution in [0.3, 0.4) is 0 Å². The van der Waals surface area contributed by atoms with Crippen LogP contribution in [0.2, 0.25) is 0 Å². The summed E-state index contributed by atoms with van der Waals surface area (Å²) >= 11 is 0. The van der Waals surface area contributed by atoms with Crippen molar-refractivity contribution in [3.8, 4) is 0 Å². The van der Waals surface area contributed by atoms with Gasteiger partial charge < -0.3 is 15.3 Å². The molecule has 5 nitrogen and oxygen atoms in total. The Labute approximate surface area is 129 Å². The maximum Gasteiger partial charge on any atom is 0.323 e. The van der Waals surface area contributed by atoms with Gasteiger partial charge in [0, 0.05) is 12.1 Å². The average molecular weight is 301 g/mol. The van der Waals surface area contributed by atoms with Gasteiger partial charge in [-0.2, -0.15) is 0 Å². The van der Waals surface area contributed by atoms with Crippen molar-refractivity contribution in [2.45, 2.75) is 51.4 Å². The van der Waals surface area contributed by atoms with Crippen molar-refractivity contribution in [3.05, 3.63) is 28.7 Å². The van der Waals surface area contributed by atoms with E-state index in [1.165, 1.54) is 32.1 Å². The van der Waals surface area contributed by atoms with Gasteiger partial charge in [0.25, 0.3) is 0 Å². The van der Waals surface area contributed by atoms with E-state index < -0.39 is 0 Å². The second-order valence-electron chi connectivity index (χ2n) is 6.28. The highest BCUT2D eigenvalue weighted by molar-refractivity contribution is 5.92. The molecule has 0 aliphatic heterocycles. The first-order chi connectivity index (χ1) is 10.7. The van der Waals surface area contributed by atoms with Crippen LogP contribution in [0.15, 0.2) is 23.0 Å². The van der Waals surface area contributed by atoms with Gasteiger partial charge in [0.05, 0.1) is 11.0 Å². The van der Waals surface area contributed by atoms with Gasteiger partial charge in [0.2, 0.25) is 5.91 Å². The molecule has 1 aromatic carbocycles. The van der Waals surface area contributed by atoms with Crippen molar-refractivity contribution >= 4 is 22.6 Å². The fourth-order valence-electron chi connectivity index (χ4n) is 3.36. The lowest BCUT2D eigenvalue weighted by Crippen LogP contribution is -2.12. The van der Waals surface area contributed by atoms with E-state index in [4.69, 9.17) is 0 Å². The fourth-order valence-corrected chi connectivity index (χ4v) is 3.36. The number of rotatable bonds is 5. The number of carbonyl (C=O) groups excluding carboxylic acids is 1. The summed E-state index contributed by atoms with van der Waals surface area (Å²) in [6.45, 7) is 0. The molecule has 1 aliphatic carbocycles. The van der Waals surface area contributed by atoms with Crippen molar-refractivity contribution in [3.63, 3.8) is 0 Å². The number of anilines is 1. The van der Waals surface area contributed by atoms with E-state index in [-0.39, 0.29) is 11.6 Å². The highest BCUT2D eigenvalue weighted by atomic mass is 16.1. The van der Waals surface area contributed by atoms with E-state index in [2.05, 4.69) is 15.3 Å². The van der Waals surface area contributed by atoms with E-state index in [0.29, 0.717) is 11.9 Å². The van der Waals surface area contributed by atoms with Crippen LogP contribution in [0.4, 0.5) is 5.69 Å². The van der Waals surface area contributed by atoms with Gasteiger partial charge in [-0.15, -0.1) is 0 Å². The van der Waals surface area contributed by atoms with Gasteiger partial charge in [0.15, 0.2) is 0 Å². The largest absolute Gasteiger partial charge is 0.326 e. The molecular formula is C17H23N3O2. The monoisotopic (exact) mass is 301 g/mol. The molecule has 2 aromatic rings. The van der Waals surface area contributed by atoms with Crippen molar-refractivity contribution in [2.75, 3.05) is 5.32 Å². The van der Waals surface area contributed by atoms with Gasteiger partial charge in [-0.3, -0.25) is 4.79 Å². The summed E-state index contributed by atoms with van der Waals surface area (Å²) in [7, 11) is 0. The Bertz CT molecular complexity index is 695. The van der Waals surface area contributed by atoms with Crippen LogP contribution in [0.5, 0.6) is 0 Å². The Morgan fingerprint density at radius 2 is 1.91 bits per heavy atom. The molecule has 3 rings (SSSR count). The number of carbonyl (C=O) groups is 1. The Morgan fingerprint density at radius 3 is 2.73 bits per heavy atom. The molecule has 0 unspecified atom stereocenters. The number of fused-ring (bicyclic) bond motifs is 1. The van der Waals surface area contributed by atoms with Crippen LogP contribution in [-0.2, 0) is 4.79 Å². The highest BCUT2D eigenvalue weighted by Crippen LogP contribution is 2.27. The van der Waals surface area contributed by atoms with E-state index >= 15 is 0 Å². The van der Waals surface area contributed by atoms with Crippen molar-refractivity contribution in [1.82, 2.24) is 9.97 Å². The quantitative estimate of drug-likeness (QED) is 0.789. The number of hydrogen-bond donors (Lipinski definition) is 3. The zero-order valence-corrected chi connectivity index (χ0v) is 12.8. The Hall–Kier alpha value is -2.04. The van der Waals surface area contributed by atoms with E-state index in [1.807, 2.05) is 6.07 Å². The lowest BCUT2D eigenvalue weighted by Gasteiger charge is -2.21. The third-order valence-electron chi connectivity index (χ3n) is 4.54. The van der Waals surface area contributed by atoms with Crippen LogP contribution in [0, 0.1) is 5.92 Å². The summed E-state index contributed by atoms with van der Waals surface area (Å²) in [5.74, 6) is 0.871. The number of nitrogens with one attached hydrogen (secondary N) is 3. The summed E-state index contributed by atoms with van der Waals surface area (Å²) in [5, 5.41) is 2.91. The maximum absolute atomic E-state index is 12.0. The molecule has 1 heterocycles. The van der Waals surface area contributed by atoms with Crippen LogP contribution in [0.25, 0.3) is 11.0 Å². The van der Waals surface area contributed by atoms with Crippen molar-refractivity contribution in [1.29, 1.82) is 0 Å². The molecule has 1 aliphatic rings. The molecule has 0 bridgehead atoms. The molecule has 1 amide bonds. The number of aromatic nitrogens is 2. The zero-order chi connectivity index (χ0) is 15.4. The second kappa shape index (κ2) is 6.81. The van der Waals surface area contributed by atoms with Crippen LogP contribution in [0.1, 0.15) is 51.4 Å². The molecule has 0 radical (unpaired) electrons. The molecule has 1 fully saturated rings. The summed E-state index contributed by atoms with van der Waals surface area (Å²) in [4.78, 5) is 28.6. The molecule has 1 aromatic heterocycles. The van der Waals surface area contributed by atoms with Crippen LogP contribution < -0.4 is 11.0 Å². The minimum absolute atomic E-state index is 0.0491. The topological polar surface area (TPSA) is 77.8 Å². The average Bonchev–Trinajstić information content (AvgIpc) is 2.87. The molecule has 0 atom stereocenters. The van der Waals surface area contributed by atoms with Crippen molar-refractivity contribution in [2.24, 2.45) is 5.92 Å². The first kappa shape index (κ1) is 14.9. The normalized spacial score (nSPS) is 16.0.